The van der Waals surface area contributed by atoms with E-state index in [1.807, 2.05) is 12.1 Å². The molecular weight excluding hydrogens is 226 g/mol. The first-order valence-electron chi connectivity index (χ1n) is 6.31. The van der Waals surface area contributed by atoms with Crippen LogP contribution in [0.2, 0.25) is 0 Å². The minimum Gasteiger partial charge on any atom is -0.385 e. The number of hydrogen-bond donors (Lipinski definition) is 2. The van der Waals surface area contributed by atoms with Gasteiger partial charge in [-0.05, 0) is 43.5 Å². The lowest BCUT2D eigenvalue weighted by atomic mass is 10.2. The molecule has 2 N–H and O–H groups in total. The van der Waals surface area contributed by atoms with Gasteiger partial charge < -0.3 is 10.6 Å². The summed E-state index contributed by atoms with van der Waals surface area (Å²) in [6.07, 6.45) is 3.66. The van der Waals surface area contributed by atoms with Crippen LogP contribution in [0, 0.1) is 11.3 Å². The fourth-order valence-electron chi connectivity index (χ4n) is 1.67. The van der Waals surface area contributed by atoms with E-state index >= 15 is 0 Å². The number of amides is 1. The van der Waals surface area contributed by atoms with Gasteiger partial charge in [0, 0.05) is 24.7 Å². The summed E-state index contributed by atoms with van der Waals surface area (Å²) < 4.78 is 0. The maximum absolute atomic E-state index is 11.4. The van der Waals surface area contributed by atoms with E-state index in [1.54, 1.807) is 12.1 Å². The van der Waals surface area contributed by atoms with E-state index in [4.69, 9.17) is 5.26 Å². The molecule has 18 heavy (non-hydrogen) atoms. The Balaban J connectivity index is 1.62. The van der Waals surface area contributed by atoms with Gasteiger partial charge in [0.2, 0.25) is 5.91 Å². The van der Waals surface area contributed by atoms with Gasteiger partial charge in [0.15, 0.2) is 0 Å². The highest BCUT2D eigenvalue weighted by atomic mass is 16.1. The van der Waals surface area contributed by atoms with Crippen LogP contribution >= 0.6 is 0 Å². The van der Waals surface area contributed by atoms with Crippen LogP contribution < -0.4 is 10.6 Å². The van der Waals surface area contributed by atoms with E-state index in [2.05, 4.69) is 16.7 Å². The number of nitrogens with zero attached hydrogens (tertiary/aromatic N) is 1. The van der Waals surface area contributed by atoms with E-state index in [0.29, 0.717) is 18.0 Å². The molecule has 2 rings (SSSR count). The SMILES string of the molecule is N#Cc1ccc(NCCCC(=O)NC2CC2)cc1. The highest BCUT2D eigenvalue weighted by molar-refractivity contribution is 5.76. The van der Waals surface area contributed by atoms with Crippen LogP contribution in [-0.2, 0) is 4.79 Å². The summed E-state index contributed by atoms with van der Waals surface area (Å²) in [6, 6.07) is 9.84. The molecule has 1 aromatic carbocycles. The van der Waals surface area contributed by atoms with Crippen LogP contribution in [0.4, 0.5) is 5.69 Å². The average molecular weight is 243 g/mol. The Hall–Kier alpha value is -2.02. The summed E-state index contributed by atoms with van der Waals surface area (Å²) >= 11 is 0. The van der Waals surface area contributed by atoms with Crippen LogP contribution in [0.5, 0.6) is 0 Å². The van der Waals surface area contributed by atoms with E-state index in [9.17, 15) is 4.79 Å². The molecule has 0 aliphatic heterocycles. The third-order valence-electron chi connectivity index (χ3n) is 2.87. The van der Waals surface area contributed by atoms with Crippen molar-refractivity contribution in [2.75, 3.05) is 11.9 Å². The molecule has 4 nitrogen and oxygen atoms in total. The Morgan fingerprint density at radius 3 is 2.67 bits per heavy atom. The molecule has 0 heterocycles. The molecule has 4 heteroatoms. The van der Waals surface area contributed by atoms with Gasteiger partial charge >= 0.3 is 0 Å². The Bertz CT molecular complexity index is 443. The van der Waals surface area contributed by atoms with Gasteiger partial charge in [-0.2, -0.15) is 5.26 Å². The number of nitriles is 1. The first-order valence-corrected chi connectivity index (χ1v) is 6.31. The highest BCUT2D eigenvalue weighted by Crippen LogP contribution is 2.18. The average Bonchev–Trinajstić information content (AvgIpc) is 3.19. The molecule has 0 radical (unpaired) electrons. The predicted octanol–water partition coefficient (Wildman–Crippen LogP) is 2.03. The molecule has 1 aliphatic carbocycles. The Labute approximate surface area is 107 Å². The molecule has 94 valence electrons. The van der Waals surface area contributed by atoms with Gasteiger partial charge in [-0.3, -0.25) is 4.79 Å². The molecule has 1 saturated carbocycles. The van der Waals surface area contributed by atoms with Crippen molar-refractivity contribution in [3.63, 3.8) is 0 Å². The number of rotatable bonds is 6. The molecule has 0 bridgehead atoms. The highest BCUT2D eigenvalue weighted by Gasteiger charge is 2.22. The van der Waals surface area contributed by atoms with Gasteiger partial charge in [0.25, 0.3) is 0 Å². The molecule has 1 aromatic rings. The van der Waals surface area contributed by atoms with Crippen molar-refractivity contribution >= 4 is 11.6 Å². The van der Waals surface area contributed by atoms with Crippen LogP contribution in [0.25, 0.3) is 0 Å². The maximum Gasteiger partial charge on any atom is 0.220 e. The van der Waals surface area contributed by atoms with Gasteiger partial charge in [-0.15, -0.1) is 0 Å². The topological polar surface area (TPSA) is 64.9 Å². The number of carbonyl (C=O) groups is 1. The second-order valence-electron chi connectivity index (χ2n) is 4.56. The van der Waals surface area contributed by atoms with Crippen molar-refractivity contribution in [3.8, 4) is 6.07 Å². The van der Waals surface area contributed by atoms with Crippen molar-refractivity contribution in [3.05, 3.63) is 29.8 Å². The molecule has 1 aliphatic rings. The summed E-state index contributed by atoms with van der Waals surface area (Å²) in [6.45, 7) is 0.768. The predicted molar refractivity (Wildman–Crippen MR) is 70.0 cm³/mol. The van der Waals surface area contributed by atoms with Crippen molar-refractivity contribution < 1.29 is 4.79 Å². The van der Waals surface area contributed by atoms with Gasteiger partial charge in [0.1, 0.15) is 0 Å². The van der Waals surface area contributed by atoms with E-state index < -0.39 is 0 Å². The fraction of sp³-hybridized carbons (Fsp3) is 0.429. The lowest BCUT2D eigenvalue weighted by molar-refractivity contribution is -0.121. The summed E-state index contributed by atoms with van der Waals surface area (Å²) in [5.74, 6) is 0.152. The second kappa shape index (κ2) is 6.06. The number of nitrogens with one attached hydrogen (secondary N) is 2. The third-order valence-corrected chi connectivity index (χ3v) is 2.87. The zero-order chi connectivity index (χ0) is 12.8. The number of anilines is 1. The standard InChI is InChI=1S/C14H17N3O/c15-10-11-3-5-12(6-4-11)16-9-1-2-14(18)17-13-7-8-13/h3-6,13,16H,1-2,7-9H2,(H,17,18). The normalized spacial score (nSPS) is 13.7. The van der Waals surface area contributed by atoms with E-state index in [-0.39, 0.29) is 5.91 Å². The molecule has 0 aromatic heterocycles. The second-order valence-corrected chi connectivity index (χ2v) is 4.56. The van der Waals surface area contributed by atoms with Gasteiger partial charge in [-0.1, -0.05) is 0 Å². The minimum absolute atomic E-state index is 0.152. The van der Waals surface area contributed by atoms with Crippen LogP contribution in [0.15, 0.2) is 24.3 Å². The molecule has 1 amide bonds. The van der Waals surface area contributed by atoms with Crippen LogP contribution in [0.3, 0.4) is 0 Å². The quantitative estimate of drug-likeness (QED) is 0.751. The first-order chi connectivity index (χ1) is 8.78. The smallest absolute Gasteiger partial charge is 0.220 e. The Kier molecular flexibility index (Phi) is 4.19. The monoisotopic (exact) mass is 243 g/mol. The van der Waals surface area contributed by atoms with Gasteiger partial charge in [-0.25, -0.2) is 0 Å². The van der Waals surface area contributed by atoms with Crippen molar-refractivity contribution in [1.82, 2.24) is 5.32 Å². The molecule has 0 atom stereocenters. The number of hydrogen-bond acceptors (Lipinski definition) is 3. The first kappa shape index (κ1) is 12.4. The van der Waals surface area contributed by atoms with Crippen LogP contribution in [0.1, 0.15) is 31.2 Å². The van der Waals surface area contributed by atoms with Crippen molar-refractivity contribution in [2.45, 2.75) is 31.7 Å². The molecule has 0 saturated heterocycles. The van der Waals surface area contributed by atoms with E-state index in [0.717, 1.165) is 31.5 Å². The summed E-state index contributed by atoms with van der Waals surface area (Å²) in [4.78, 5) is 11.4. The lowest BCUT2D eigenvalue weighted by Crippen LogP contribution is -2.25. The summed E-state index contributed by atoms with van der Waals surface area (Å²) in [5.41, 5.74) is 1.64. The largest absolute Gasteiger partial charge is 0.385 e. The molecule has 1 fully saturated rings. The maximum atomic E-state index is 11.4. The fourth-order valence-corrected chi connectivity index (χ4v) is 1.67. The number of benzene rings is 1. The Morgan fingerprint density at radius 2 is 2.06 bits per heavy atom. The van der Waals surface area contributed by atoms with Crippen LogP contribution in [-0.4, -0.2) is 18.5 Å². The lowest BCUT2D eigenvalue weighted by Gasteiger charge is -2.06. The third kappa shape index (κ3) is 4.10. The van der Waals surface area contributed by atoms with Crippen molar-refractivity contribution in [2.24, 2.45) is 0 Å². The summed E-state index contributed by atoms with van der Waals surface area (Å²) in [5, 5.41) is 14.9. The zero-order valence-corrected chi connectivity index (χ0v) is 10.3. The summed E-state index contributed by atoms with van der Waals surface area (Å²) in [7, 11) is 0. The molecule has 0 unspecified atom stereocenters. The molecular formula is C14H17N3O. The minimum atomic E-state index is 0.152. The van der Waals surface area contributed by atoms with Gasteiger partial charge in [0.05, 0.1) is 11.6 Å². The van der Waals surface area contributed by atoms with Crippen molar-refractivity contribution in [1.29, 1.82) is 5.26 Å². The Morgan fingerprint density at radius 1 is 1.33 bits per heavy atom. The molecule has 0 spiro atoms. The van der Waals surface area contributed by atoms with E-state index in [1.165, 1.54) is 0 Å². The number of carbonyl (C=O) groups excluding carboxylic acids is 1. The zero-order valence-electron chi connectivity index (χ0n) is 10.3.